The molecular formula is C22H24N4O2. The smallest absolute Gasteiger partial charge is 0.222 e. The Morgan fingerprint density at radius 2 is 1.75 bits per heavy atom. The first kappa shape index (κ1) is 19.4. The molecule has 1 aromatic heterocycles. The van der Waals surface area contributed by atoms with E-state index < -0.39 is 0 Å². The molecule has 0 radical (unpaired) electrons. The maximum Gasteiger partial charge on any atom is 0.222 e. The van der Waals surface area contributed by atoms with Gasteiger partial charge in [-0.1, -0.05) is 54.6 Å². The lowest BCUT2D eigenvalue weighted by Crippen LogP contribution is -2.32. The quantitative estimate of drug-likeness (QED) is 0.635. The van der Waals surface area contributed by atoms with E-state index in [2.05, 4.69) is 15.6 Å². The molecule has 0 aliphatic carbocycles. The summed E-state index contributed by atoms with van der Waals surface area (Å²) in [4.78, 5) is 27.9. The zero-order valence-electron chi connectivity index (χ0n) is 15.8. The maximum atomic E-state index is 12.4. The molecule has 6 heteroatoms. The normalized spacial score (nSPS) is 11.6. The third-order valence-electron chi connectivity index (χ3n) is 4.41. The summed E-state index contributed by atoms with van der Waals surface area (Å²) in [6.07, 6.45) is 5.66. The second-order valence-electron chi connectivity index (χ2n) is 6.70. The minimum Gasteiger partial charge on any atom is -0.352 e. The van der Waals surface area contributed by atoms with Gasteiger partial charge in [-0.05, 0) is 16.7 Å². The molecule has 0 fully saturated rings. The number of hydrogen-bond acceptors (Lipinski definition) is 3. The zero-order chi connectivity index (χ0) is 19.8. The van der Waals surface area contributed by atoms with E-state index in [0.29, 0.717) is 6.54 Å². The molecule has 1 atom stereocenters. The Balaban J connectivity index is 1.53. The predicted molar refractivity (Wildman–Crippen MR) is 107 cm³/mol. The summed E-state index contributed by atoms with van der Waals surface area (Å²) in [5.41, 5.74) is 3.11. The van der Waals surface area contributed by atoms with E-state index in [4.69, 9.17) is 0 Å². The van der Waals surface area contributed by atoms with Crippen LogP contribution in [0.25, 0.3) is 0 Å². The van der Waals surface area contributed by atoms with Crippen molar-refractivity contribution in [2.24, 2.45) is 0 Å². The zero-order valence-corrected chi connectivity index (χ0v) is 15.8. The van der Waals surface area contributed by atoms with Gasteiger partial charge < -0.3 is 15.2 Å². The van der Waals surface area contributed by atoms with E-state index in [-0.39, 0.29) is 24.3 Å². The average Bonchev–Trinajstić information content (AvgIpc) is 3.20. The van der Waals surface area contributed by atoms with E-state index in [1.54, 1.807) is 12.5 Å². The minimum atomic E-state index is -0.337. The number of imidazole rings is 1. The number of amides is 2. The molecule has 0 aliphatic heterocycles. The van der Waals surface area contributed by atoms with Gasteiger partial charge in [0.15, 0.2) is 0 Å². The topological polar surface area (TPSA) is 76.0 Å². The molecule has 0 spiro atoms. The van der Waals surface area contributed by atoms with Crippen molar-refractivity contribution >= 4 is 11.8 Å². The molecule has 0 bridgehead atoms. The van der Waals surface area contributed by atoms with Gasteiger partial charge in [0.25, 0.3) is 0 Å². The first-order chi connectivity index (χ1) is 13.6. The third kappa shape index (κ3) is 5.81. The van der Waals surface area contributed by atoms with Gasteiger partial charge in [0, 0.05) is 32.4 Å². The second kappa shape index (κ2) is 9.50. The van der Waals surface area contributed by atoms with Gasteiger partial charge in [-0.25, -0.2) is 4.98 Å². The summed E-state index contributed by atoms with van der Waals surface area (Å²) in [7, 11) is 0. The van der Waals surface area contributed by atoms with Crippen LogP contribution >= 0.6 is 0 Å². The van der Waals surface area contributed by atoms with E-state index in [1.165, 1.54) is 12.5 Å². The maximum absolute atomic E-state index is 12.4. The predicted octanol–water partition coefficient (Wildman–Crippen LogP) is 2.82. The highest BCUT2D eigenvalue weighted by Crippen LogP contribution is 2.16. The van der Waals surface area contributed by atoms with Crippen molar-refractivity contribution in [2.75, 3.05) is 0 Å². The van der Waals surface area contributed by atoms with Crippen LogP contribution in [0.1, 0.15) is 36.1 Å². The summed E-state index contributed by atoms with van der Waals surface area (Å²) in [5, 5.41) is 5.78. The Morgan fingerprint density at radius 3 is 2.39 bits per heavy atom. The van der Waals surface area contributed by atoms with Crippen molar-refractivity contribution < 1.29 is 9.59 Å². The van der Waals surface area contributed by atoms with Gasteiger partial charge in [-0.3, -0.25) is 9.59 Å². The lowest BCUT2D eigenvalue weighted by Gasteiger charge is -2.18. The van der Waals surface area contributed by atoms with Crippen LogP contribution in [0.5, 0.6) is 0 Å². The molecule has 1 unspecified atom stereocenters. The highest BCUT2D eigenvalue weighted by molar-refractivity contribution is 5.79. The van der Waals surface area contributed by atoms with Crippen LogP contribution in [-0.2, 0) is 22.7 Å². The fraction of sp³-hybridized carbons (Fsp3) is 0.227. The molecule has 3 aromatic rings. The van der Waals surface area contributed by atoms with E-state index in [0.717, 1.165) is 17.7 Å². The fourth-order valence-corrected chi connectivity index (χ4v) is 2.99. The number of aromatic nitrogens is 2. The van der Waals surface area contributed by atoms with Gasteiger partial charge in [0.2, 0.25) is 11.8 Å². The monoisotopic (exact) mass is 376 g/mol. The molecule has 28 heavy (non-hydrogen) atoms. The molecule has 0 saturated heterocycles. The van der Waals surface area contributed by atoms with Crippen LogP contribution < -0.4 is 10.6 Å². The largest absolute Gasteiger partial charge is 0.352 e. The lowest BCUT2D eigenvalue weighted by atomic mass is 10.0. The molecule has 0 aliphatic rings. The van der Waals surface area contributed by atoms with Crippen LogP contribution in [0.15, 0.2) is 73.3 Å². The molecular weight excluding hydrogens is 352 g/mol. The Morgan fingerprint density at radius 1 is 1.04 bits per heavy atom. The second-order valence-corrected chi connectivity index (χ2v) is 6.70. The summed E-state index contributed by atoms with van der Waals surface area (Å²) in [6.45, 7) is 2.67. The molecule has 2 aromatic carbocycles. The first-order valence-electron chi connectivity index (χ1n) is 9.22. The summed E-state index contributed by atoms with van der Waals surface area (Å²) in [5.74, 6) is -0.264. The molecule has 2 N–H and O–H groups in total. The third-order valence-corrected chi connectivity index (χ3v) is 4.41. The molecule has 2 amide bonds. The van der Waals surface area contributed by atoms with Gasteiger partial charge in [0.1, 0.15) is 0 Å². The number of benzene rings is 2. The van der Waals surface area contributed by atoms with Crippen molar-refractivity contribution in [1.29, 1.82) is 0 Å². The standard InChI is InChI=1S/C22H24N4O2/c1-17(27)25-21(20-5-3-2-4-6-20)13-22(28)24-14-18-7-9-19(10-8-18)15-26-12-11-23-16-26/h2-12,16,21H,13-15H2,1H3,(H,24,28)(H,25,27). The van der Waals surface area contributed by atoms with E-state index >= 15 is 0 Å². The van der Waals surface area contributed by atoms with Crippen LogP contribution in [0.4, 0.5) is 0 Å². The Bertz CT molecular complexity index is 890. The summed E-state index contributed by atoms with van der Waals surface area (Å²) >= 11 is 0. The average molecular weight is 376 g/mol. The summed E-state index contributed by atoms with van der Waals surface area (Å²) in [6, 6.07) is 17.3. The highest BCUT2D eigenvalue weighted by atomic mass is 16.2. The van der Waals surface area contributed by atoms with Gasteiger partial charge >= 0.3 is 0 Å². The highest BCUT2D eigenvalue weighted by Gasteiger charge is 2.16. The van der Waals surface area contributed by atoms with Crippen LogP contribution in [0, 0.1) is 0 Å². The lowest BCUT2D eigenvalue weighted by molar-refractivity contribution is -0.122. The number of nitrogens with one attached hydrogen (secondary N) is 2. The van der Waals surface area contributed by atoms with Gasteiger partial charge in [-0.2, -0.15) is 0 Å². The van der Waals surface area contributed by atoms with Crippen LogP contribution in [0.2, 0.25) is 0 Å². The van der Waals surface area contributed by atoms with Crippen molar-refractivity contribution in [3.63, 3.8) is 0 Å². The number of hydrogen-bond donors (Lipinski definition) is 2. The van der Waals surface area contributed by atoms with Crippen molar-refractivity contribution in [1.82, 2.24) is 20.2 Å². The van der Waals surface area contributed by atoms with Crippen LogP contribution in [-0.4, -0.2) is 21.4 Å². The number of nitrogens with zero attached hydrogens (tertiary/aromatic N) is 2. The van der Waals surface area contributed by atoms with Crippen LogP contribution in [0.3, 0.4) is 0 Å². The Labute approximate surface area is 164 Å². The molecule has 3 rings (SSSR count). The number of carbonyl (C=O) groups is 2. The molecule has 1 heterocycles. The van der Waals surface area contributed by atoms with Crippen molar-refractivity contribution in [2.45, 2.75) is 32.5 Å². The minimum absolute atomic E-state index is 0.106. The molecule has 6 nitrogen and oxygen atoms in total. The molecule has 0 saturated carbocycles. The van der Waals surface area contributed by atoms with Crippen molar-refractivity contribution in [3.8, 4) is 0 Å². The van der Waals surface area contributed by atoms with Crippen molar-refractivity contribution in [3.05, 3.63) is 90.0 Å². The van der Waals surface area contributed by atoms with Gasteiger partial charge in [0.05, 0.1) is 18.8 Å². The molecule has 144 valence electrons. The summed E-state index contributed by atoms with van der Waals surface area (Å²) < 4.78 is 2.00. The van der Waals surface area contributed by atoms with E-state index in [1.807, 2.05) is 65.4 Å². The Kier molecular flexibility index (Phi) is 6.57. The van der Waals surface area contributed by atoms with Gasteiger partial charge in [-0.15, -0.1) is 0 Å². The fourth-order valence-electron chi connectivity index (χ4n) is 2.99. The Hall–Kier alpha value is -3.41. The number of rotatable bonds is 8. The number of carbonyl (C=O) groups excluding carboxylic acids is 2. The van der Waals surface area contributed by atoms with E-state index in [9.17, 15) is 9.59 Å². The SMILES string of the molecule is CC(=O)NC(CC(=O)NCc1ccc(Cn2ccnc2)cc1)c1ccccc1. The first-order valence-corrected chi connectivity index (χ1v) is 9.22.